The van der Waals surface area contributed by atoms with E-state index in [9.17, 15) is 4.39 Å². The monoisotopic (exact) mass is 212 g/mol. The molecule has 15 heavy (non-hydrogen) atoms. The van der Waals surface area contributed by atoms with E-state index in [1.54, 1.807) is 0 Å². The van der Waals surface area contributed by atoms with E-state index in [4.69, 9.17) is 0 Å². The summed E-state index contributed by atoms with van der Waals surface area (Å²) in [7, 11) is 0. The van der Waals surface area contributed by atoms with Crippen LogP contribution in [0.5, 0.6) is 0 Å². The molecule has 0 nitrogen and oxygen atoms in total. The third-order valence-electron chi connectivity index (χ3n) is 5.88. The van der Waals surface area contributed by atoms with Crippen molar-refractivity contribution in [3.05, 3.63) is 0 Å². The largest absolute Gasteiger partial charge is 0.243 e. The van der Waals surface area contributed by atoms with Crippen molar-refractivity contribution in [1.29, 1.82) is 0 Å². The molecule has 0 unspecified atom stereocenters. The predicted molar refractivity (Wildman–Crippen MR) is 62.5 cm³/mol. The maximum absolute atomic E-state index is 15.0. The standard InChI is InChI=1S/C14H25F/c1-10(2,3)13-8-14(9-13,11(4,5)6)12(13,7)15/h8-9H2,1-7H3. The Balaban J connectivity index is 2.34. The van der Waals surface area contributed by atoms with E-state index in [1.807, 2.05) is 6.92 Å². The lowest BCUT2D eigenvalue weighted by molar-refractivity contribution is -0.415. The number of hydrogen-bond acceptors (Lipinski definition) is 0. The van der Waals surface area contributed by atoms with Crippen LogP contribution < -0.4 is 0 Å². The predicted octanol–water partition coefficient (Wildman–Crippen LogP) is 4.59. The van der Waals surface area contributed by atoms with E-state index >= 15 is 0 Å². The van der Waals surface area contributed by atoms with Gasteiger partial charge in [0.15, 0.2) is 0 Å². The molecule has 0 aromatic carbocycles. The van der Waals surface area contributed by atoms with Crippen molar-refractivity contribution in [1.82, 2.24) is 0 Å². The average Bonchev–Trinajstić information content (AvgIpc) is 1.74. The van der Waals surface area contributed by atoms with E-state index in [1.165, 1.54) is 0 Å². The molecular weight excluding hydrogens is 187 g/mol. The Bertz CT molecular complexity index is 264. The molecule has 1 heteroatoms. The van der Waals surface area contributed by atoms with Gasteiger partial charge in [0.1, 0.15) is 5.67 Å². The summed E-state index contributed by atoms with van der Waals surface area (Å²) in [4.78, 5) is 0. The maximum Gasteiger partial charge on any atom is 0.120 e. The number of alkyl halides is 1. The Morgan fingerprint density at radius 3 is 1.20 bits per heavy atom. The molecule has 3 fully saturated rings. The first-order valence-corrected chi connectivity index (χ1v) is 6.10. The van der Waals surface area contributed by atoms with Crippen molar-refractivity contribution >= 4 is 0 Å². The molecule has 3 rings (SSSR count). The third-order valence-corrected chi connectivity index (χ3v) is 5.88. The first-order chi connectivity index (χ1) is 6.41. The van der Waals surface area contributed by atoms with Crippen LogP contribution in [0.15, 0.2) is 0 Å². The molecule has 0 spiro atoms. The Morgan fingerprint density at radius 2 is 1.07 bits per heavy atom. The molecule has 0 aromatic heterocycles. The van der Waals surface area contributed by atoms with Crippen LogP contribution in [0.3, 0.4) is 0 Å². The fraction of sp³-hybridized carbons (Fsp3) is 1.00. The lowest BCUT2D eigenvalue weighted by Gasteiger charge is -2.86. The minimum absolute atomic E-state index is 0.0483. The van der Waals surface area contributed by atoms with Gasteiger partial charge in [-0.15, -0.1) is 0 Å². The molecule has 88 valence electrons. The molecule has 0 saturated heterocycles. The van der Waals surface area contributed by atoms with Gasteiger partial charge in [-0.2, -0.15) is 0 Å². The van der Waals surface area contributed by atoms with Crippen LogP contribution >= 0.6 is 0 Å². The smallest absolute Gasteiger partial charge is 0.120 e. The SMILES string of the molecule is CC(C)(C)C12CC(C(C)(C)C)(C1)C2(C)F. The van der Waals surface area contributed by atoms with Gasteiger partial charge in [-0.25, -0.2) is 4.39 Å². The van der Waals surface area contributed by atoms with E-state index in [-0.39, 0.29) is 21.7 Å². The van der Waals surface area contributed by atoms with Crippen molar-refractivity contribution in [2.45, 2.75) is 67.0 Å². The third kappa shape index (κ3) is 0.863. The minimum Gasteiger partial charge on any atom is -0.243 e. The van der Waals surface area contributed by atoms with Gasteiger partial charge < -0.3 is 0 Å². The molecule has 3 aliphatic carbocycles. The van der Waals surface area contributed by atoms with Crippen LogP contribution in [0.4, 0.5) is 4.39 Å². The van der Waals surface area contributed by atoms with Crippen LogP contribution in [-0.2, 0) is 0 Å². The fourth-order valence-corrected chi connectivity index (χ4v) is 4.36. The molecule has 0 atom stereocenters. The highest BCUT2D eigenvalue weighted by Crippen LogP contribution is 2.89. The first kappa shape index (κ1) is 11.4. The quantitative estimate of drug-likeness (QED) is 0.551. The normalized spacial score (nSPS) is 49.6. The molecule has 2 bridgehead atoms. The minimum atomic E-state index is -0.962. The molecule has 0 radical (unpaired) electrons. The molecular formula is C14H25F. The first-order valence-electron chi connectivity index (χ1n) is 6.10. The van der Waals surface area contributed by atoms with Gasteiger partial charge in [0.2, 0.25) is 0 Å². The highest BCUT2D eigenvalue weighted by Gasteiger charge is 2.88. The molecule has 0 aliphatic heterocycles. The van der Waals surface area contributed by atoms with E-state index in [2.05, 4.69) is 41.5 Å². The maximum atomic E-state index is 15.0. The van der Waals surface area contributed by atoms with E-state index < -0.39 is 5.67 Å². The topological polar surface area (TPSA) is 0 Å². The van der Waals surface area contributed by atoms with Crippen LogP contribution in [-0.4, -0.2) is 5.67 Å². The van der Waals surface area contributed by atoms with Gasteiger partial charge in [0.05, 0.1) is 0 Å². The second-order valence-corrected chi connectivity index (χ2v) is 8.02. The summed E-state index contributed by atoms with van der Waals surface area (Å²) < 4.78 is 15.0. The summed E-state index contributed by atoms with van der Waals surface area (Å²) in [6.45, 7) is 15.0. The zero-order valence-electron chi connectivity index (χ0n) is 11.3. The van der Waals surface area contributed by atoms with Gasteiger partial charge in [-0.3, -0.25) is 0 Å². The second-order valence-electron chi connectivity index (χ2n) is 8.02. The summed E-state index contributed by atoms with van der Waals surface area (Å²) in [5, 5.41) is 0. The highest BCUT2D eigenvalue weighted by molar-refractivity contribution is 5.36. The molecule has 0 N–H and O–H groups in total. The Morgan fingerprint density at radius 1 is 0.800 bits per heavy atom. The average molecular weight is 212 g/mol. The van der Waals surface area contributed by atoms with Gasteiger partial charge in [-0.1, -0.05) is 41.5 Å². The van der Waals surface area contributed by atoms with E-state index in [0.717, 1.165) is 12.8 Å². The molecule has 0 amide bonds. The molecule has 0 heterocycles. The van der Waals surface area contributed by atoms with Crippen molar-refractivity contribution in [2.75, 3.05) is 0 Å². The Hall–Kier alpha value is -0.0700. The summed E-state index contributed by atoms with van der Waals surface area (Å²) in [6.07, 6.45) is 2.17. The van der Waals surface area contributed by atoms with Crippen molar-refractivity contribution in [3.63, 3.8) is 0 Å². The summed E-state index contributed by atoms with van der Waals surface area (Å²) in [5.41, 5.74) is -0.857. The molecule has 0 aromatic rings. The summed E-state index contributed by atoms with van der Waals surface area (Å²) in [5.74, 6) is 0. The number of hydrogen-bond donors (Lipinski definition) is 0. The number of rotatable bonds is 0. The van der Waals surface area contributed by atoms with Crippen molar-refractivity contribution in [2.24, 2.45) is 21.7 Å². The van der Waals surface area contributed by atoms with Gasteiger partial charge in [0, 0.05) is 10.8 Å². The lowest BCUT2D eigenvalue weighted by Crippen LogP contribution is -2.86. The zero-order chi connectivity index (χ0) is 11.9. The Labute approximate surface area is 93.6 Å². The fourth-order valence-electron chi connectivity index (χ4n) is 4.36. The second kappa shape index (κ2) is 2.28. The lowest BCUT2D eigenvalue weighted by atomic mass is 9.19. The van der Waals surface area contributed by atoms with E-state index in [0.29, 0.717) is 0 Å². The number of halogens is 1. The highest BCUT2D eigenvalue weighted by atomic mass is 19.1. The zero-order valence-corrected chi connectivity index (χ0v) is 11.3. The van der Waals surface area contributed by atoms with Crippen LogP contribution in [0.1, 0.15) is 61.3 Å². The Kier molecular flexibility index (Phi) is 1.74. The van der Waals surface area contributed by atoms with Gasteiger partial charge >= 0.3 is 0 Å². The molecule has 3 saturated carbocycles. The summed E-state index contributed by atoms with van der Waals surface area (Å²) >= 11 is 0. The molecule has 3 aliphatic rings. The van der Waals surface area contributed by atoms with Crippen molar-refractivity contribution < 1.29 is 4.39 Å². The van der Waals surface area contributed by atoms with Crippen LogP contribution in [0, 0.1) is 21.7 Å². The van der Waals surface area contributed by atoms with Gasteiger partial charge in [-0.05, 0) is 30.6 Å². The van der Waals surface area contributed by atoms with Crippen LogP contribution in [0.25, 0.3) is 0 Å². The van der Waals surface area contributed by atoms with Gasteiger partial charge in [0.25, 0.3) is 0 Å². The van der Waals surface area contributed by atoms with Crippen molar-refractivity contribution in [3.8, 4) is 0 Å². The summed E-state index contributed by atoms with van der Waals surface area (Å²) in [6, 6.07) is 0. The van der Waals surface area contributed by atoms with Crippen LogP contribution in [0.2, 0.25) is 0 Å².